The van der Waals surface area contributed by atoms with Crippen LogP contribution in [0.2, 0.25) is 0 Å². The number of likely N-dealkylation sites (tertiary alicyclic amines) is 1. The van der Waals surface area contributed by atoms with E-state index in [9.17, 15) is 18.8 Å². The predicted octanol–water partition coefficient (Wildman–Crippen LogP) is 4.07. The summed E-state index contributed by atoms with van der Waals surface area (Å²) in [4.78, 5) is 32.2. The molecular formula is C27H29FN2O7. The van der Waals surface area contributed by atoms with Crippen molar-refractivity contribution in [1.29, 1.82) is 0 Å². The third-order valence-electron chi connectivity index (χ3n) is 5.90. The largest absolute Gasteiger partial charge is 0.494 e. The number of ether oxygens (including phenoxy) is 1. The first kappa shape index (κ1) is 27.5. The van der Waals surface area contributed by atoms with E-state index in [2.05, 4.69) is 10.1 Å². The van der Waals surface area contributed by atoms with Crippen molar-refractivity contribution in [3.63, 3.8) is 0 Å². The highest BCUT2D eigenvalue weighted by atomic mass is 19.1. The molecule has 4 rings (SSSR count). The van der Waals surface area contributed by atoms with Crippen LogP contribution in [0, 0.1) is 5.82 Å². The minimum atomic E-state index is -1.26. The minimum absolute atomic E-state index is 0.287. The van der Waals surface area contributed by atoms with Gasteiger partial charge >= 0.3 is 11.9 Å². The van der Waals surface area contributed by atoms with E-state index in [0.29, 0.717) is 36.6 Å². The molecule has 0 unspecified atom stereocenters. The standard InChI is InChI=1S/C23H25FN2O3.C4H4O4/c24-19-5-6-21-22(16-19)25-29-23(21)18-7-11-26(12-8-18)10-2-14-28-20-4-1-3-17(15-20)9-13-27;5-3(6)1-2-4(7)8/h1,3-6,13,15-16,18H,2,7-12,14H2;1-2H,(H,5,6)(H,7,8)/b;2-1+. The summed E-state index contributed by atoms with van der Waals surface area (Å²) in [5, 5.41) is 20.6. The number of aliphatic carboxylic acids is 2. The smallest absolute Gasteiger partial charge is 0.328 e. The summed E-state index contributed by atoms with van der Waals surface area (Å²) >= 11 is 0. The molecule has 0 aliphatic carbocycles. The molecule has 0 spiro atoms. The van der Waals surface area contributed by atoms with Gasteiger partial charge in [0.15, 0.2) is 0 Å². The van der Waals surface area contributed by atoms with Crippen LogP contribution in [0.1, 0.15) is 36.5 Å². The number of hydrogen-bond donors (Lipinski definition) is 2. The highest BCUT2D eigenvalue weighted by molar-refractivity contribution is 5.89. The Kier molecular flexibility index (Phi) is 10.3. The molecule has 37 heavy (non-hydrogen) atoms. The molecule has 1 fully saturated rings. The van der Waals surface area contributed by atoms with E-state index in [-0.39, 0.29) is 5.82 Å². The number of aromatic nitrogens is 1. The van der Waals surface area contributed by atoms with Crippen molar-refractivity contribution in [3.8, 4) is 5.75 Å². The molecule has 1 aromatic heterocycles. The zero-order valence-electron chi connectivity index (χ0n) is 20.2. The Morgan fingerprint density at radius 3 is 2.51 bits per heavy atom. The van der Waals surface area contributed by atoms with Crippen molar-refractivity contribution in [2.45, 2.75) is 31.6 Å². The Morgan fingerprint density at radius 1 is 1.11 bits per heavy atom. The maximum Gasteiger partial charge on any atom is 0.328 e. The second-order valence-electron chi connectivity index (χ2n) is 8.55. The Balaban J connectivity index is 0.000000414. The van der Waals surface area contributed by atoms with Crippen molar-refractivity contribution >= 4 is 29.1 Å². The predicted molar refractivity (Wildman–Crippen MR) is 133 cm³/mol. The van der Waals surface area contributed by atoms with Crippen molar-refractivity contribution in [3.05, 3.63) is 71.8 Å². The lowest BCUT2D eigenvalue weighted by Crippen LogP contribution is -2.34. The number of fused-ring (bicyclic) bond motifs is 1. The molecule has 3 aromatic rings. The molecular weight excluding hydrogens is 483 g/mol. The summed E-state index contributed by atoms with van der Waals surface area (Å²) in [6.07, 6.45) is 5.41. The number of halogens is 1. The first-order valence-electron chi connectivity index (χ1n) is 11.9. The number of carboxylic acid groups (broad SMARTS) is 2. The molecule has 1 saturated heterocycles. The van der Waals surface area contributed by atoms with E-state index in [0.717, 1.165) is 67.6 Å². The number of hydrogen-bond acceptors (Lipinski definition) is 7. The van der Waals surface area contributed by atoms with Gasteiger partial charge < -0.3 is 29.2 Å². The molecule has 0 saturated carbocycles. The molecule has 0 amide bonds. The van der Waals surface area contributed by atoms with E-state index in [1.807, 2.05) is 24.3 Å². The van der Waals surface area contributed by atoms with Gasteiger partial charge in [-0.05, 0) is 62.2 Å². The van der Waals surface area contributed by atoms with Crippen LogP contribution in [0.15, 0.2) is 59.1 Å². The zero-order valence-corrected chi connectivity index (χ0v) is 20.2. The minimum Gasteiger partial charge on any atom is -0.494 e. The van der Waals surface area contributed by atoms with Gasteiger partial charge in [-0.3, -0.25) is 0 Å². The van der Waals surface area contributed by atoms with Crippen molar-refractivity contribution in [1.82, 2.24) is 10.1 Å². The van der Waals surface area contributed by atoms with Crippen LogP contribution in [0.4, 0.5) is 4.39 Å². The lowest BCUT2D eigenvalue weighted by atomic mass is 9.92. The first-order valence-corrected chi connectivity index (χ1v) is 11.9. The van der Waals surface area contributed by atoms with Gasteiger partial charge in [-0.2, -0.15) is 0 Å². The Labute approximate surface area is 213 Å². The number of benzene rings is 2. The number of carbonyl (C=O) groups excluding carboxylic acids is 1. The summed E-state index contributed by atoms with van der Waals surface area (Å²) in [6, 6.07) is 12.4. The number of carbonyl (C=O) groups is 3. The first-order chi connectivity index (χ1) is 17.9. The van der Waals surface area contributed by atoms with E-state index in [1.54, 1.807) is 6.07 Å². The van der Waals surface area contributed by atoms with Crippen LogP contribution < -0.4 is 4.74 Å². The van der Waals surface area contributed by atoms with Crippen LogP contribution >= 0.6 is 0 Å². The summed E-state index contributed by atoms with van der Waals surface area (Å²) in [5.74, 6) is -0.766. The normalized spacial score (nSPS) is 14.3. The number of piperidine rings is 1. The molecule has 2 aromatic carbocycles. The summed E-state index contributed by atoms with van der Waals surface area (Å²) in [7, 11) is 0. The second kappa shape index (κ2) is 13.9. The average Bonchev–Trinajstić information content (AvgIpc) is 3.30. The Hall–Kier alpha value is -4.05. The quantitative estimate of drug-likeness (QED) is 0.234. The third kappa shape index (κ3) is 8.84. The SMILES string of the molecule is O=C(O)/C=C/C(=O)O.O=CCc1cccc(OCCCN2CCC(c3onc4cc(F)ccc34)CC2)c1. The molecule has 0 atom stereocenters. The van der Waals surface area contributed by atoms with E-state index in [4.69, 9.17) is 19.5 Å². The average molecular weight is 513 g/mol. The highest BCUT2D eigenvalue weighted by Crippen LogP contribution is 2.33. The zero-order chi connectivity index (χ0) is 26.6. The molecule has 9 nitrogen and oxygen atoms in total. The van der Waals surface area contributed by atoms with E-state index < -0.39 is 11.9 Å². The molecule has 2 heterocycles. The molecule has 10 heteroatoms. The van der Waals surface area contributed by atoms with Gasteiger partial charge in [-0.25, -0.2) is 14.0 Å². The summed E-state index contributed by atoms with van der Waals surface area (Å²) in [5.41, 5.74) is 1.57. The molecule has 2 N–H and O–H groups in total. The van der Waals surface area contributed by atoms with Crippen molar-refractivity contribution < 1.29 is 38.2 Å². The third-order valence-corrected chi connectivity index (χ3v) is 5.90. The molecule has 1 aliphatic heterocycles. The highest BCUT2D eigenvalue weighted by Gasteiger charge is 2.25. The monoisotopic (exact) mass is 512 g/mol. The van der Waals surface area contributed by atoms with Gasteiger partial charge in [-0.1, -0.05) is 17.3 Å². The number of carboxylic acids is 2. The van der Waals surface area contributed by atoms with Gasteiger partial charge in [0, 0.05) is 42.5 Å². The fraction of sp³-hybridized carbons (Fsp3) is 0.333. The van der Waals surface area contributed by atoms with Crippen LogP contribution in [0.3, 0.4) is 0 Å². The Morgan fingerprint density at radius 2 is 1.84 bits per heavy atom. The van der Waals surface area contributed by atoms with E-state index in [1.165, 1.54) is 12.1 Å². The van der Waals surface area contributed by atoms with Gasteiger partial charge in [-0.15, -0.1) is 0 Å². The van der Waals surface area contributed by atoms with Crippen LogP contribution in [-0.2, 0) is 20.8 Å². The molecule has 0 bridgehead atoms. The van der Waals surface area contributed by atoms with E-state index >= 15 is 0 Å². The summed E-state index contributed by atoms with van der Waals surface area (Å²) < 4.78 is 24.7. The molecule has 0 radical (unpaired) electrons. The Bertz CT molecular complexity index is 1220. The maximum absolute atomic E-state index is 13.3. The fourth-order valence-corrected chi connectivity index (χ4v) is 4.13. The number of rotatable bonds is 10. The molecule has 196 valence electrons. The van der Waals surface area contributed by atoms with Crippen LogP contribution in [0.5, 0.6) is 5.75 Å². The number of aldehydes is 1. The van der Waals surface area contributed by atoms with Gasteiger partial charge in [0.1, 0.15) is 29.1 Å². The maximum atomic E-state index is 13.3. The second-order valence-corrected chi connectivity index (χ2v) is 8.55. The molecule has 1 aliphatic rings. The van der Waals surface area contributed by atoms with Gasteiger partial charge in [0.2, 0.25) is 0 Å². The fourth-order valence-electron chi connectivity index (χ4n) is 4.13. The van der Waals surface area contributed by atoms with Crippen LogP contribution in [0.25, 0.3) is 10.9 Å². The van der Waals surface area contributed by atoms with Crippen LogP contribution in [-0.4, -0.2) is 64.7 Å². The summed E-state index contributed by atoms with van der Waals surface area (Å²) in [6.45, 7) is 3.65. The van der Waals surface area contributed by atoms with Gasteiger partial charge in [0.25, 0.3) is 0 Å². The van der Waals surface area contributed by atoms with Gasteiger partial charge in [0.05, 0.1) is 6.61 Å². The lowest BCUT2D eigenvalue weighted by Gasteiger charge is -2.30. The van der Waals surface area contributed by atoms with Crippen molar-refractivity contribution in [2.24, 2.45) is 0 Å². The van der Waals surface area contributed by atoms with Crippen molar-refractivity contribution in [2.75, 3.05) is 26.2 Å². The lowest BCUT2D eigenvalue weighted by molar-refractivity contribution is -0.134. The number of nitrogens with zero attached hydrogens (tertiary/aromatic N) is 2. The topological polar surface area (TPSA) is 130 Å².